The number of rotatable bonds is 3. The van der Waals surface area contributed by atoms with Crippen LogP contribution in [-0.2, 0) is 6.54 Å². The average Bonchev–Trinajstić information content (AvgIpc) is 2.15. The van der Waals surface area contributed by atoms with Gasteiger partial charge >= 0.3 is 0 Å². The van der Waals surface area contributed by atoms with E-state index < -0.39 is 0 Å². The summed E-state index contributed by atoms with van der Waals surface area (Å²) in [5.41, 5.74) is 9.55. The van der Waals surface area contributed by atoms with E-state index in [1.807, 2.05) is 0 Å². The van der Waals surface area contributed by atoms with Crippen LogP contribution < -0.4 is 0 Å². The molecule has 0 heterocycles. The molecule has 0 amide bonds. The van der Waals surface area contributed by atoms with E-state index in [0.717, 1.165) is 11.8 Å². The Bertz CT molecular complexity index is 372. The third-order valence-corrected chi connectivity index (χ3v) is 2.20. The summed E-state index contributed by atoms with van der Waals surface area (Å²) in [5, 5.41) is 3.41. The predicted octanol–water partition coefficient (Wildman–Crippen LogP) is 3.07. The molecule has 13 heavy (non-hydrogen) atoms. The Morgan fingerprint density at radius 1 is 1.62 bits per heavy atom. The van der Waals surface area contributed by atoms with E-state index in [0.29, 0.717) is 16.6 Å². The smallest absolute Gasteiger partial charge is 0.151 e. The molecule has 66 valence electrons. The van der Waals surface area contributed by atoms with Crippen LogP contribution in [0.5, 0.6) is 0 Å². The summed E-state index contributed by atoms with van der Waals surface area (Å²) in [6.45, 7) is 0.300. The molecule has 0 saturated heterocycles. The molecule has 5 heteroatoms. The third kappa shape index (κ3) is 2.57. The summed E-state index contributed by atoms with van der Waals surface area (Å²) in [6, 6.07) is 5.20. The van der Waals surface area contributed by atoms with Gasteiger partial charge in [0.1, 0.15) is 0 Å². The maximum Gasteiger partial charge on any atom is 0.151 e. The van der Waals surface area contributed by atoms with Crippen LogP contribution in [0.2, 0.25) is 0 Å². The van der Waals surface area contributed by atoms with Crippen LogP contribution in [0.25, 0.3) is 10.4 Å². The molecule has 0 N–H and O–H groups in total. The first kappa shape index (κ1) is 9.77. The molecule has 0 unspecified atom stereocenters. The molecule has 0 aromatic heterocycles. The minimum absolute atomic E-state index is 0.300. The van der Waals surface area contributed by atoms with Gasteiger partial charge in [0.15, 0.2) is 6.29 Å². The lowest BCUT2D eigenvalue weighted by molar-refractivity contribution is 0.112. The predicted molar refractivity (Wildman–Crippen MR) is 52.4 cm³/mol. The minimum atomic E-state index is 0.300. The van der Waals surface area contributed by atoms with Crippen LogP contribution >= 0.6 is 15.9 Å². The van der Waals surface area contributed by atoms with E-state index in [1.165, 1.54) is 0 Å². The summed E-state index contributed by atoms with van der Waals surface area (Å²) in [5.74, 6) is 0. The van der Waals surface area contributed by atoms with Gasteiger partial charge in [-0.1, -0.05) is 33.2 Å². The normalized spacial score (nSPS) is 9.00. The summed E-state index contributed by atoms with van der Waals surface area (Å²) in [7, 11) is 0. The molecular weight excluding hydrogens is 234 g/mol. The van der Waals surface area contributed by atoms with Gasteiger partial charge in [-0.25, -0.2) is 0 Å². The van der Waals surface area contributed by atoms with Crippen molar-refractivity contribution in [2.45, 2.75) is 6.54 Å². The molecule has 1 aromatic carbocycles. The summed E-state index contributed by atoms with van der Waals surface area (Å²) in [4.78, 5) is 13.1. The fraction of sp³-hybridized carbons (Fsp3) is 0.125. The van der Waals surface area contributed by atoms with E-state index in [1.54, 1.807) is 18.2 Å². The lowest BCUT2D eigenvalue weighted by Crippen LogP contribution is -1.85. The third-order valence-electron chi connectivity index (χ3n) is 1.51. The second kappa shape index (κ2) is 4.64. The second-order valence-corrected chi connectivity index (χ2v) is 3.22. The molecule has 0 saturated carbocycles. The van der Waals surface area contributed by atoms with E-state index in [2.05, 4.69) is 26.0 Å². The highest BCUT2D eigenvalue weighted by Gasteiger charge is 1.98. The molecule has 0 aliphatic heterocycles. The van der Waals surface area contributed by atoms with Gasteiger partial charge in [-0.15, -0.1) is 0 Å². The number of carbonyl (C=O) groups excluding carboxylic acids is 1. The SMILES string of the molecule is [N-]=[N+]=NCc1ccc(C=O)c(Br)c1. The number of halogens is 1. The Morgan fingerprint density at radius 3 is 2.92 bits per heavy atom. The van der Waals surface area contributed by atoms with Crippen LogP contribution in [0.15, 0.2) is 27.8 Å². The van der Waals surface area contributed by atoms with Crippen molar-refractivity contribution in [3.8, 4) is 0 Å². The van der Waals surface area contributed by atoms with Crippen molar-refractivity contribution in [1.29, 1.82) is 0 Å². The molecule has 0 fully saturated rings. The van der Waals surface area contributed by atoms with Gasteiger partial charge in [0.25, 0.3) is 0 Å². The Kier molecular flexibility index (Phi) is 3.49. The van der Waals surface area contributed by atoms with Gasteiger partial charge in [0.05, 0.1) is 6.54 Å². The van der Waals surface area contributed by atoms with Gasteiger partial charge < -0.3 is 0 Å². The zero-order valence-corrected chi connectivity index (χ0v) is 8.23. The Balaban J connectivity index is 2.95. The fourth-order valence-corrected chi connectivity index (χ4v) is 1.40. The Hall–Kier alpha value is -1.32. The van der Waals surface area contributed by atoms with E-state index in [4.69, 9.17) is 5.53 Å². The molecule has 4 nitrogen and oxygen atoms in total. The Labute approximate surface area is 83.3 Å². The van der Waals surface area contributed by atoms with Crippen molar-refractivity contribution >= 4 is 22.2 Å². The van der Waals surface area contributed by atoms with Crippen LogP contribution in [0.1, 0.15) is 15.9 Å². The monoisotopic (exact) mass is 239 g/mol. The molecule has 0 radical (unpaired) electrons. The number of aldehydes is 1. The maximum atomic E-state index is 10.4. The summed E-state index contributed by atoms with van der Waals surface area (Å²) < 4.78 is 0.716. The fourth-order valence-electron chi connectivity index (χ4n) is 0.878. The van der Waals surface area contributed by atoms with E-state index >= 15 is 0 Å². The molecule has 0 aliphatic rings. The average molecular weight is 240 g/mol. The van der Waals surface area contributed by atoms with Crippen molar-refractivity contribution < 1.29 is 4.79 Å². The number of azide groups is 1. The van der Waals surface area contributed by atoms with Crippen LogP contribution in [0.3, 0.4) is 0 Å². The number of benzene rings is 1. The molecule has 0 aliphatic carbocycles. The summed E-state index contributed by atoms with van der Waals surface area (Å²) in [6.07, 6.45) is 0.765. The molecular formula is C8H6BrN3O. The summed E-state index contributed by atoms with van der Waals surface area (Å²) >= 11 is 3.23. The maximum absolute atomic E-state index is 10.4. The molecule has 1 aromatic rings. The number of hydrogen-bond donors (Lipinski definition) is 0. The van der Waals surface area contributed by atoms with Gasteiger partial charge in [-0.05, 0) is 17.2 Å². The molecule has 0 spiro atoms. The lowest BCUT2D eigenvalue weighted by Gasteiger charge is -1.98. The van der Waals surface area contributed by atoms with Crippen molar-refractivity contribution in [2.75, 3.05) is 0 Å². The molecule has 0 atom stereocenters. The topological polar surface area (TPSA) is 65.8 Å². The van der Waals surface area contributed by atoms with Crippen LogP contribution in [0, 0.1) is 0 Å². The molecule has 0 bridgehead atoms. The quantitative estimate of drug-likeness (QED) is 0.346. The van der Waals surface area contributed by atoms with Crippen LogP contribution in [-0.4, -0.2) is 6.29 Å². The van der Waals surface area contributed by atoms with Gasteiger partial charge in [-0.2, -0.15) is 0 Å². The zero-order chi connectivity index (χ0) is 9.68. The minimum Gasteiger partial charge on any atom is -0.298 e. The van der Waals surface area contributed by atoms with Crippen molar-refractivity contribution in [2.24, 2.45) is 5.11 Å². The van der Waals surface area contributed by atoms with E-state index in [-0.39, 0.29) is 0 Å². The highest BCUT2D eigenvalue weighted by molar-refractivity contribution is 9.10. The van der Waals surface area contributed by atoms with E-state index in [9.17, 15) is 4.79 Å². The van der Waals surface area contributed by atoms with Gasteiger partial charge in [-0.3, -0.25) is 4.79 Å². The highest BCUT2D eigenvalue weighted by Crippen LogP contribution is 2.17. The number of carbonyl (C=O) groups is 1. The second-order valence-electron chi connectivity index (χ2n) is 2.36. The van der Waals surface area contributed by atoms with Gasteiger partial charge in [0.2, 0.25) is 0 Å². The largest absolute Gasteiger partial charge is 0.298 e. The number of nitrogens with zero attached hydrogens (tertiary/aromatic N) is 3. The zero-order valence-electron chi connectivity index (χ0n) is 6.64. The van der Waals surface area contributed by atoms with Gasteiger partial charge in [0, 0.05) is 14.9 Å². The van der Waals surface area contributed by atoms with Crippen molar-refractivity contribution in [3.05, 3.63) is 44.2 Å². The highest BCUT2D eigenvalue weighted by atomic mass is 79.9. The standard InChI is InChI=1S/C8H6BrN3O/c9-8-3-6(4-11-12-10)1-2-7(8)5-13/h1-3,5H,4H2. The van der Waals surface area contributed by atoms with Crippen LogP contribution in [0.4, 0.5) is 0 Å². The Morgan fingerprint density at radius 2 is 2.38 bits per heavy atom. The molecule has 1 rings (SSSR count). The first-order chi connectivity index (χ1) is 6.27. The first-order valence-corrected chi connectivity index (χ1v) is 4.31. The number of hydrogen-bond acceptors (Lipinski definition) is 2. The lowest BCUT2D eigenvalue weighted by atomic mass is 10.1. The van der Waals surface area contributed by atoms with Crippen molar-refractivity contribution in [1.82, 2.24) is 0 Å². The first-order valence-electron chi connectivity index (χ1n) is 3.52. The van der Waals surface area contributed by atoms with Crippen molar-refractivity contribution in [3.63, 3.8) is 0 Å².